The maximum absolute atomic E-state index is 11.1. The lowest BCUT2D eigenvalue weighted by Gasteiger charge is -2.30. The Bertz CT molecular complexity index is 1020. The smallest absolute Gasteiger partial charge is 0.224 e. The molecule has 2 heterocycles. The number of rotatable bonds is 7. The van der Waals surface area contributed by atoms with Gasteiger partial charge in [-0.1, -0.05) is 11.8 Å². The molecule has 5 N–H and O–H groups in total. The van der Waals surface area contributed by atoms with Gasteiger partial charge in [-0.3, -0.25) is 0 Å². The van der Waals surface area contributed by atoms with Gasteiger partial charge in [0.05, 0.1) is 18.4 Å². The molecule has 2 fully saturated rings. The van der Waals surface area contributed by atoms with Crippen LogP contribution < -0.4 is 15.4 Å². The Hall–Kier alpha value is -2.93. The molecule has 32 heavy (non-hydrogen) atoms. The van der Waals surface area contributed by atoms with Crippen molar-refractivity contribution in [2.75, 3.05) is 30.9 Å². The predicted molar refractivity (Wildman–Crippen MR) is 119 cm³/mol. The fraction of sp³-hybridized carbons (Fsp3) is 0.522. The van der Waals surface area contributed by atoms with Gasteiger partial charge in [-0.15, -0.1) is 0 Å². The first-order valence-electron chi connectivity index (χ1n) is 10.9. The lowest BCUT2D eigenvalue weighted by molar-refractivity contribution is -0.0545. The summed E-state index contributed by atoms with van der Waals surface area (Å²) in [6.07, 6.45) is 3.66. The van der Waals surface area contributed by atoms with Gasteiger partial charge in [-0.2, -0.15) is 4.98 Å². The van der Waals surface area contributed by atoms with Gasteiger partial charge in [-0.25, -0.2) is 9.97 Å². The first-order valence-corrected chi connectivity index (χ1v) is 10.9. The molecule has 0 radical (unpaired) electrons. The zero-order chi connectivity index (χ0) is 22.7. The molecule has 3 atom stereocenters. The van der Waals surface area contributed by atoms with Crippen molar-refractivity contribution in [3.63, 3.8) is 0 Å². The average Bonchev–Trinajstić information content (AvgIpc) is 3.58. The summed E-state index contributed by atoms with van der Waals surface area (Å²) in [5.41, 5.74) is 0.238. The number of methoxy groups -OCH3 is 1. The molecule has 3 unspecified atom stereocenters. The van der Waals surface area contributed by atoms with Gasteiger partial charge in [-0.05, 0) is 44.6 Å². The Morgan fingerprint density at radius 3 is 2.66 bits per heavy atom. The van der Waals surface area contributed by atoms with Crippen LogP contribution in [0.1, 0.15) is 42.5 Å². The largest absolute Gasteiger partial charge is 0.481 e. The van der Waals surface area contributed by atoms with Gasteiger partial charge in [0.15, 0.2) is 5.72 Å². The minimum absolute atomic E-state index is 0.195. The van der Waals surface area contributed by atoms with Gasteiger partial charge in [0.1, 0.15) is 11.9 Å². The molecule has 0 saturated heterocycles. The highest BCUT2D eigenvalue weighted by Gasteiger charge is 2.47. The summed E-state index contributed by atoms with van der Waals surface area (Å²) in [5.74, 6) is 7.66. The number of aliphatic hydroxyl groups excluding tert-OH is 2. The highest BCUT2D eigenvalue weighted by Crippen LogP contribution is 2.36. The van der Waals surface area contributed by atoms with Gasteiger partial charge >= 0.3 is 0 Å². The van der Waals surface area contributed by atoms with Gasteiger partial charge in [0, 0.05) is 36.9 Å². The molecule has 2 aliphatic rings. The summed E-state index contributed by atoms with van der Waals surface area (Å²) in [7, 11) is 1.55. The quantitative estimate of drug-likeness (QED) is 0.319. The first kappa shape index (κ1) is 22.3. The lowest BCUT2D eigenvalue weighted by atomic mass is 10.0. The normalized spacial score (nSPS) is 24.5. The van der Waals surface area contributed by atoms with Crippen molar-refractivity contribution >= 4 is 11.8 Å². The molecule has 0 aromatic carbocycles. The van der Waals surface area contributed by atoms with Crippen LogP contribution in [0.4, 0.5) is 11.8 Å². The average molecular weight is 440 g/mol. The van der Waals surface area contributed by atoms with Crippen molar-refractivity contribution < 1.29 is 20.1 Å². The van der Waals surface area contributed by atoms with Crippen molar-refractivity contribution in [2.45, 2.75) is 44.4 Å². The standard InChI is InChI=1S/C23H29N5O4/c1-14-18(7-5-16-6-8-19(32-2)24-11-16)21(27-22(26-14)25-12-15-3-4-15)28-23(31)10-9-17(13-29)20(23)30/h6,8,11,15,17,20,29-31H,3-4,9-10,12-13H2,1-2H3,(H2,25,26,27,28). The SMILES string of the molecule is COc1ccc(C#Cc2c(C)nc(NCC3CC3)nc2NC2(O)CCC(CO)C2O)cn1. The van der Waals surface area contributed by atoms with E-state index in [1.807, 2.05) is 6.92 Å². The molecule has 0 aliphatic heterocycles. The van der Waals surface area contributed by atoms with Crippen LogP contribution in [-0.2, 0) is 0 Å². The molecule has 170 valence electrons. The molecular formula is C23H29N5O4. The highest BCUT2D eigenvalue weighted by molar-refractivity contribution is 5.61. The van der Waals surface area contributed by atoms with Crippen molar-refractivity contribution in [1.82, 2.24) is 15.0 Å². The number of aliphatic hydroxyl groups is 3. The summed E-state index contributed by atoms with van der Waals surface area (Å²) >= 11 is 0. The van der Waals surface area contributed by atoms with Gasteiger partial charge in [0.2, 0.25) is 11.8 Å². The van der Waals surface area contributed by atoms with E-state index in [4.69, 9.17) is 4.74 Å². The molecule has 0 amide bonds. The number of nitrogens with zero attached hydrogens (tertiary/aromatic N) is 3. The number of hydrogen-bond acceptors (Lipinski definition) is 9. The molecule has 0 bridgehead atoms. The van der Waals surface area contributed by atoms with Crippen molar-refractivity contribution in [3.8, 4) is 17.7 Å². The van der Waals surface area contributed by atoms with Crippen LogP contribution in [0, 0.1) is 30.6 Å². The topological polar surface area (TPSA) is 133 Å². The minimum Gasteiger partial charge on any atom is -0.481 e. The Balaban J connectivity index is 1.65. The molecule has 0 spiro atoms. The van der Waals surface area contributed by atoms with Gasteiger partial charge < -0.3 is 30.7 Å². The number of aryl methyl sites for hydroxylation is 1. The van der Waals surface area contributed by atoms with E-state index in [1.54, 1.807) is 25.4 Å². The Labute approximate surface area is 187 Å². The van der Waals surface area contributed by atoms with E-state index < -0.39 is 17.7 Å². The summed E-state index contributed by atoms with van der Waals surface area (Å²) in [6, 6.07) is 3.53. The summed E-state index contributed by atoms with van der Waals surface area (Å²) < 4.78 is 5.08. The molecule has 2 aliphatic carbocycles. The Morgan fingerprint density at radius 2 is 2.03 bits per heavy atom. The monoisotopic (exact) mass is 439 g/mol. The molecule has 4 rings (SSSR count). The second-order valence-corrected chi connectivity index (χ2v) is 8.50. The van der Waals surface area contributed by atoms with Crippen LogP contribution in [0.25, 0.3) is 0 Å². The minimum atomic E-state index is -1.61. The zero-order valence-corrected chi connectivity index (χ0v) is 18.3. The molecule has 2 aromatic heterocycles. The van der Waals surface area contributed by atoms with Crippen LogP contribution in [0.5, 0.6) is 5.88 Å². The molecule has 2 aromatic rings. The van der Waals surface area contributed by atoms with Crippen molar-refractivity contribution in [1.29, 1.82) is 0 Å². The summed E-state index contributed by atoms with van der Waals surface area (Å²) in [5, 5.41) is 37.4. The van der Waals surface area contributed by atoms with Gasteiger partial charge in [0.25, 0.3) is 0 Å². The van der Waals surface area contributed by atoms with Crippen LogP contribution in [-0.4, -0.2) is 62.4 Å². The third-order valence-corrected chi connectivity index (χ3v) is 6.01. The highest BCUT2D eigenvalue weighted by atomic mass is 16.5. The fourth-order valence-electron chi connectivity index (χ4n) is 3.79. The maximum atomic E-state index is 11.1. The number of aromatic nitrogens is 3. The van der Waals surface area contributed by atoms with Crippen LogP contribution in [0.3, 0.4) is 0 Å². The fourth-order valence-corrected chi connectivity index (χ4v) is 3.79. The number of hydrogen-bond donors (Lipinski definition) is 5. The molecule has 2 saturated carbocycles. The zero-order valence-electron chi connectivity index (χ0n) is 18.3. The second kappa shape index (κ2) is 9.28. The van der Waals surface area contributed by atoms with Crippen LogP contribution >= 0.6 is 0 Å². The number of anilines is 2. The van der Waals surface area contributed by atoms with E-state index in [0.717, 1.165) is 6.54 Å². The second-order valence-electron chi connectivity index (χ2n) is 8.50. The van der Waals surface area contributed by atoms with E-state index in [2.05, 4.69) is 37.4 Å². The number of pyridine rings is 1. The van der Waals surface area contributed by atoms with Crippen LogP contribution in [0.2, 0.25) is 0 Å². The van der Waals surface area contributed by atoms with E-state index in [1.165, 1.54) is 12.8 Å². The number of nitrogens with one attached hydrogen (secondary N) is 2. The van der Waals surface area contributed by atoms with Crippen molar-refractivity contribution in [3.05, 3.63) is 35.2 Å². The molecule has 9 nitrogen and oxygen atoms in total. The summed E-state index contributed by atoms with van der Waals surface area (Å²) in [4.78, 5) is 13.3. The van der Waals surface area contributed by atoms with E-state index in [9.17, 15) is 15.3 Å². The first-order chi connectivity index (χ1) is 15.4. The maximum Gasteiger partial charge on any atom is 0.224 e. The predicted octanol–water partition coefficient (Wildman–Crippen LogP) is 1.27. The molecular weight excluding hydrogens is 410 g/mol. The van der Waals surface area contributed by atoms with Crippen molar-refractivity contribution in [2.24, 2.45) is 11.8 Å². The Kier molecular flexibility index (Phi) is 6.46. The lowest BCUT2D eigenvalue weighted by Crippen LogP contribution is -2.48. The number of ether oxygens (including phenoxy) is 1. The summed E-state index contributed by atoms with van der Waals surface area (Å²) in [6.45, 7) is 2.43. The van der Waals surface area contributed by atoms with E-state index in [-0.39, 0.29) is 13.0 Å². The Morgan fingerprint density at radius 1 is 1.22 bits per heavy atom. The van der Waals surface area contributed by atoms with E-state index in [0.29, 0.717) is 46.8 Å². The third-order valence-electron chi connectivity index (χ3n) is 6.01. The van der Waals surface area contributed by atoms with E-state index >= 15 is 0 Å². The third kappa shape index (κ3) is 4.93. The molecule has 9 heteroatoms. The van der Waals surface area contributed by atoms with Crippen LogP contribution in [0.15, 0.2) is 18.3 Å².